The van der Waals surface area contributed by atoms with Crippen molar-refractivity contribution in [2.45, 2.75) is 19.8 Å². The monoisotopic (exact) mass is 453 g/mol. The van der Waals surface area contributed by atoms with E-state index in [4.69, 9.17) is 4.74 Å². The molecule has 0 atom stereocenters. The predicted octanol–water partition coefficient (Wildman–Crippen LogP) is 5.05. The number of ether oxygens (including phenoxy) is 1. The van der Waals surface area contributed by atoms with Gasteiger partial charge in [-0.1, -0.05) is 61.9 Å². The molecule has 0 saturated carbocycles. The van der Waals surface area contributed by atoms with Crippen LogP contribution in [-0.2, 0) is 4.79 Å². The van der Waals surface area contributed by atoms with Gasteiger partial charge in [0.25, 0.3) is 11.8 Å². The maximum absolute atomic E-state index is 12.3. The highest BCUT2D eigenvalue weighted by Crippen LogP contribution is 2.27. The second-order valence-electron chi connectivity index (χ2n) is 7.93. The molecular weight excluding hydrogens is 426 g/mol. The number of benzene rings is 4. The smallest absolute Gasteiger partial charge is 0.259 e. The van der Waals surface area contributed by atoms with Crippen LogP contribution < -0.4 is 15.5 Å². The van der Waals surface area contributed by atoms with Gasteiger partial charge in [0.15, 0.2) is 0 Å². The molecule has 0 aromatic heterocycles. The second-order valence-corrected chi connectivity index (χ2v) is 7.93. The number of hydrazone groups is 1. The number of nitrogens with one attached hydrogen (secondary N) is 2. The Morgan fingerprint density at radius 3 is 2.21 bits per heavy atom. The first kappa shape index (κ1) is 23.0. The number of unbranched alkanes of at least 4 members (excludes halogenated alkanes) is 1. The second kappa shape index (κ2) is 11.1. The molecule has 0 spiro atoms. The number of rotatable bonds is 9. The molecule has 6 nitrogen and oxygen atoms in total. The van der Waals surface area contributed by atoms with E-state index in [1.165, 1.54) is 0 Å². The first-order valence-corrected chi connectivity index (χ1v) is 11.4. The zero-order valence-corrected chi connectivity index (χ0v) is 19.1. The van der Waals surface area contributed by atoms with Crippen LogP contribution in [0.1, 0.15) is 35.7 Å². The molecule has 0 fully saturated rings. The zero-order chi connectivity index (χ0) is 23.8. The van der Waals surface area contributed by atoms with Crippen molar-refractivity contribution in [2.75, 3.05) is 13.2 Å². The van der Waals surface area contributed by atoms with Gasteiger partial charge in [0.2, 0.25) is 0 Å². The lowest BCUT2D eigenvalue weighted by molar-refractivity contribution is -0.120. The minimum absolute atomic E-state index is 0.179. The molecule has 2 N–H and O–H groups in total. The number of fused-ring (bicyclic) bond motifs is 2. The Kier molecular flexibility index (Phi) is 7.50. The van der Waals surface area contributed by atoms with Crippen LogP contribution in [0.15, 0.2) is 84.0 Å². The highest BCUT2D eigenvalue weighted by molar-refractivity contribution is 6.13. The summed E-state index contributed by atoms with van der Waals surface area (Å²) in [4.78, 5) is 24.6. The number of carbonyl (C=O) groups is 2. The molecule has 172 valence electrons. The molecule has 0 saturated heterocycles. The molecule has 0 aliphatic carbocycles. The van der Waals surface area contributed by atoms with Crippen LogP contribution in [0.5, 0.6) is 5.75 Å². The van der Waals surface area contributed by atoms with Crippen molar-refractivity contribution in [3.05, 3.63) is 90.0 Å². The lowest BCUT2D eigenvalue weighted by Gasteiger charge is -2.08. The van der Waals surface area contributed by atoms with Crippen LogP contribution in [0.3, 0.4) is 0 Å². The largest absolute Gasteiger partial charge is 0.494 e. The average Bonchev–Trinajstić information content (AvgIpc) is 2.87. The standard InChI is InChI=1S/C28H27N3O3/c1-2-3-16-34-23-14-12-20(13-15-23)28(33)29-19-27(32)31-30-18-26-24-10-6-4-8-21(24)17-22-9-5-7-11-25(22)26/h4-15,17-18H,2-3,16,19H2,1H3,(H,29,33)(H,31,32)/b30-18-. The molecule has 0 aliphatic rings. The molecule has 4 aromatic carbocycles. The van der Waals surface area contributed by atoms with Crippen molar-refractivity contribution in [1.29, 1.82) is 0 Å². The molecule has 0 unspecified atom stereocenters. The molecule has 6 heteroatoms. The Hall–Kier alpha value is -4.19. The topological polar surface area (TPSA) is 79.8 Å². The van der Waals surface area contributed by atoms with E-state index in [2.05, 4.69) is 41.0 Å². The lowest BCUT2D eigenvalue weighted by Crippen LogP contribution is -2.34. The quantitative estimate of drug-likeness (QED) is 0.161. The van der Waals surface area contributed by atoms with Crippen molar-refractivity contribution >= 4 is 39.6 Å². The third kappa shape index (κ3) is 5.59. The molecule has 0 radical (unpaired) electrons. The van der Waals surface area contributed by atoms with Gasteiger partial charge in [0.05, 0.1) is 19.4 Å². The third-order valence-electron chi connectivity index (χ3n) is 5.49. The summed E-state index contributed by atoms with van der Waals surface area (Å²) in [6.07, 6.45) is 3.70. The number of hydrogen-bond acceptors (Lipinski definition) is 4. The summed E-state index contributed by atoms with van der Waals surface area (Å²) >= 11 is 0. The first-order valence-electron chi connectivity index (χ1n) is 11.4. The van der Waals surface area contributed by atoms with Crippen molar-refractivity contribution in [3.63, 3.8) is 0 Å². The molecule has 4 rings (SSSR count). The molecule has 0 bridgehead atoms. The van der Waals surface area contributed by atoms with E-state index < -0.39 is 5.91 Å². The predicted molar refractivity (Wildman–Crippen MR) is 136 cm³/mol. The van der Waals surface area contributed by atoms with E-state index in [9.17, 15) is 9.59 Å². The van der Waals surface area contributed by atoms with Gasteiger partial charge in [-0.3, -0.25) is 9.59 Å². The van der Waals surface area contributed by atoms with E-state index in [1.54, 1.807) is 30.5 Å². The van der Waals surface area contributed by atoms with Crippen LogP contribution in [0.4, 0.5) is 0 Å². The van der Waals surface area contributed by atoms with Gasteiger partial charge in [-0.25, -0.2) is 5.43 Å². The highest BCUT2D eigenvalue weighted by atomic mass is 16.5. The maximum Gasteiger partial charge on any atom is 0.259 e. The Balaban J connectivity index is 1.36. The fourth-order valence-corrected chi connectivity index (χ4v) is 3.70. The van der Waals surface area contributed by atoms with Crippen molar-refractivity contribution < 1.29 is 14.3 Å². The van der Waals surface area contributed by atoms with Crippen molar-refractivity contribution in [3.8, 4) is 5.75 Å². The number of nitrogens with zero attached hydrogens (tertiary/aromatic N) is 1. The van der Waals surface area contributed by atoms with Crippen LogP contribution in [0.25, 0.3) is 21.5 Å². The molecule has 4 aromatic rings. The van der Waals surface area contributed by atoms with Gasteiger partial charge in [0.1, 0.15) is 5.75 Å². The Morgan fingerprint density at radius 2 is 1.56 bits per heavy atom. The number of carbonyl (C=O) groups excluding carboxylic acids is 2. The summed E-state index contributed by atoms with van der Waals surface area (Å²) in [6, 6.07) is 25.1. The maximum atomic E-state index is 12.3. The SMILES string of the molecule is CCCCOc1ccc(C(=O)NCC(=O)N/N=C\c2c3ccccc3cc3ccccc23)cc1. The summed E-state index contributed by atoms with van der Waals surface area (Å²) in [6.45, 7) is 2.57. The van der Waals surface area contributed by atoms with Crippen LogP contribution >= 0.6 is 0 Å². The minimum atomic E-state index is -0.409. The van der Waals surface area contributed by atoms with Crippen molar-refractivity contribution in [1.82, 2.24) is 10.7 Å². The highest BCUT2D eigenvalue weighted by Gasteiger charge is 2.09. The van der Waals surface area contributed by atoms with E-state index >= 15 is 0 Å². The summed E-state index contributed by atoms with van der Waals surface area (Å²) in [5, 5.41) is 11.1. The number of amides is 2. The molecule has 0 aliphatic heterocycles. The number of hydrogen-bond donors (Lipinski definition) is 2. The summed E-state index contributed by atoms with van der Waals surface area (Å²) in [5.74, 6) is -0.0222. The van der Waals surface area contributed by atoms with Gasteiger partial charge < -0.3 is 10.1 Å². The summed E-state index contributed by atoms with van der Waals surface area (Å²) in [5.41, 5.74) is 3.89. The molecule has 34 heavy (non-hydrogen) atoms. The Morgan fingerprint density at radius 1 is 0.912 bits per heavy atom. The summed E-state index contributed by atoms with van der Waals surface area (Å²) < 4.78 is 5.60. The average molecular weight is 454 g/mol. The molecular formula is C28H27N3O3. The summed E-state index contributed by atoms with van der Waals surface area (Å²) in [7, 11) is 0. The van der Waals surface area contributed by atoms with Crippen LogP contribution in [0.2, 0.25) is 0 Å². The molecule has 2 amide bonds. The Bertz CT molecular complexity index is 1280. The Labute approximate surface area is 198 Å². The van der Waals surface area contributed by atoms with E-state index in [0.29, 0.717) is 12.2 Å². The van der Waals surface area contributed by atoms with Crippen molar-refractivity contribution in [2.24, 2.45) is 5.10 Å². The van der Waals surface area contributed by atoms with E-state index in [-0.39, 0.29) is 12.5 Å². The normalized spacial score (nSPS) is 11.1. The fourth-order valence-electron chi connectivity index (χ4n) is 3.70. The van der Waals surface area contributed by atoms with Crippen LogP contribution in [0, 0.1) is 0 Å². The van der Waals surface area contributed by atoms with Gasteiger partial charge >= 0.3 is 0 Å². The van der Waals surface area contributed by atoms with Gasteiger partial charge in [-0.2, -0.15) is 5.10 Å². The third-order valence-corrected chi connectivity index (χ3v) is 5.49. The molecule has 0 heterocycles. The van der Waals surface area contributed by atoms with Gasteiger partial charge in [0, 0.05) is 11.1 Å². The zero-order valence-electron chi connectivity index (χ0n) is 19.1. The van der Waals surface area contributed by atoms with E-state index in [1.807, 2.05) is 36.4 Å². The lowest BCUT2D eigenvalue weighted by atomic mass is 9.97. The minimum Gasteiger partial charge on any atom is -0.494 e. The van der Waals surface area contributed by atoms with Gasteiger partial charge in [-0.05, 0) is 58.3 Å². The first-order chi connectivity index (χ1) is 16.7. The van der Waals surface area contributed by atoms with Crippen LogP contribution in [-0.4, -0.2) is 31.2 Å². The fraction of sp³-hybridized carbons (Fsp3) is 0.179. The van der Waals surface area contributed by atoms with Gasteiger partial charge in [-0.15, -0.1) is 0 Å². The van der Waals surface area contributed by atoms with E-state index in [0.717, 1.165) is 45.7 Å².